The average molecular weight is 230 g/mol. The Morgan fingerprint density at radius 2 is 1.76 bits per heavy atom. The quantitative estimate of drug-likeness (QED) is 0.826. The zero-order valence-electron chi connectivity index (χ0n) is 10.4. The summed E-state index contributed by atoms with van der Waals surface area (Å²) in [5.74, 6) is 1.28. The summed E-state index contributed by atoms with van der Waals surface area (Å²) in [6.07, 6.45) is 8.80. The molecule has 0 amide bonds. The maximum atomic E-state index is 10.5. The Balaban J connectivity index is 1.74. The summed E-state index contributed by atoms with van der Waals surface area (Å²) in [6, 6.07) is 8.69. The minimum absolute atomic E-state index is 0.228. The van der Waals surface area contributed by atoms with Gasteiger partial charge in [-0.2, -0.15) is 0 Å². The van der Waals surface area contributed by atoms with Crippen molar-refractivity contribution in [2.24, 2.45) is 5.92 Å². The van der Waals surface area contributed by atoms with Crippen molar-refractivity contribution in [3.8, 4) is 0 Å². The average Bonchev–Trinajstić information content (AvgIpc) is 3.23. The van der Waals surface area contributed by atoms with E-state index in [1.54, 1.807) is 0 Å². The van der Waals surface area contributed by atoms with Crippen molar-refractivity contribution in [3.05, 3.63) is 35.4 Å². The van der Waals surface area contributed by atoms with Gasteiger partial charge in [-0.1, -0.05) is 43.5 Å². The van der Waals surface area contributed by atoms with Crippen LogP contribution in [-0.2, 0) is 0 Å². The number of hydrogen-bond acceptors (Lipinski definition) is 1. The minimum Gasteiger partial charge on any atom is -0.388 e. The van der Waals surface area contributed by atoms with E-state index < -0.39 is 0 Å². The van der Waals surface area contributed by atoms with Gasteiger partial charge in [-0.25, -0.2) is 0 Å². The number of rotatable bonds is 3. The molecule has 0 aromatic heterocycles. The zero-order chi connectivity index (χ0) is 11.7. The van der Waals surface area contributed by atoms with Crippen molar-refractivity contribution < 1.29 is 5.11 Å². The van der Waals surface area contributed by atoms with E-state index in [0.29, 0.717) is 5.92 Å². The Morgan fingerprint density at radius 1 is 1.00 bits per heavy atom. The maximum absolute atomic E-state index is 10.5. The molecule has 0 spiro atoms. The Kier molecular flexibility index (Phi) is 3.19. The van der Waals surface area contributed by atoms with E-state index >= 15 is 0 Å². The first-order chi connectivity index (χ1) is 8.34. The van der Waals surface area contributed by atoms with Crippen molar-refractivity contribution in [2.45, 2.75) is 57.0 Å². The summed E-state index contributed by atoms with van der Waals surface area (Å²) in [4.78, 5) is 0. The van der Waals surface area contributed by atoms with Crippen LogP contribution in [0.5, 0.6) is 0 Å². The molecule has 17 heavy (non-hydrogen) atoms. The zero-order valence-corrected chi connectivity index (χ0v) is 10.4. The van der Waals surface area contributed by atoms with Crippen LogP contribution in [0.2, 0.25) is 0 Å². The second kappa shape index (κ2) is 4.81. The van der Waals surface area contributed by atoms with Gasteiger partial charge in [-0.05, 0) is 48.6 Å². The van der Waals surface area contributed by atoms with Crippen LogP contribution in [0.3, 0.4) is 0 Å². The molecule has 3 rings (SSSR count). The van der Waals surface area contributed by atoms with Crippen molar-refractivity contribution in [3.63, 3.8) is 0 Å². The standard InChI is InChI=1S/C16H22O/c17-16(13-5-2-1-3-6-13)15-8-4-7-14(11-15)12-9-10-12/h4,7-8,11-13,16-17H,1-3,5-6,9-10H2. The van der Waals surface area contributed by atoms with Crippen LogP contribution >= 0.6 is 0 Å². The van der Waals surface area contributed by atoms with E-state index in [4.69, 9.17) is 0 Å². The van der Waals surface area contributed by atoms with Crippen molar-refractivity contribution in [1.29, 1.82) is 0 Å². The second-order valence-electron chi connectivity index (χ2n) is 5.79. The highest BCUT2D eigenvalue weighted by Gasteiger charge is 2.26. The molecule has 2 aliphatic carbocycles. The molecule has 1 aromatic carbocycles. The lowest BCUT2D eigenvalue weighted by Gasteiger charge is -2.27. The predicted octanol–water partition coefficient (Wildman–Crippen LogP) is 4.18. The molecule has 2 saturated carbocycles. The molecule has 0 radical (unpaired) electrons. The molecule has 2 fully saturated rings. The SMILES string of the molecule is OC(c1cccc(C2CC2)c1)C1CCCCC1. The van der Waals surface area contributed by atoms with Crippen LogP contribution in [0.15, 0.2) is 24.3 Å². The summed E-state index contributed by atoms with van der Waals surface area (Å²) in [5.41, 5.74) is 2.60. The van der Waals surface area contributed by atoms with Crippen molar-refractivity contribution in [2.75, 3.05) is 0 Å². The Labute approximate surface area is 104 Å². The summed E-state index contributed by atoms with van der Waals surface area (Å²) < 4.78 is 0. The fraction of sp³-hybridized carbons (Fsp3) is 0.625. The molecule has 1 atom stereocenters. The van der Waals surface area contributed by atoms with E-state index in [2.05, 4.69) is 24.3 Å². The molecule has 1 unspecified atom stereocenters. The maximum Gasteiger partial charge on any atom is 0.0818 e. The first-order valence-electron chi connectivity index (χ1n) is 7.12. The molecule has 1 aromatic rings. The fourth-order valence-electron chi connectivity index (χ4n) is 3.14. The Bertz CT molecular complexity index is 375. The van der Waals surface area contributed by atoms with E-state index in [-0.39, 0.29) is 6.10 Å². The highest BCUT2D eigenvalue weighted by Crippen LogP contribution is 2.41. The number of benzene rings is 1. The third-order valence-corrected chi connectivity index (χ3v) is 4.40. The topological polar surface area (TPSA) is 20.2 Å². The molecule has 0 heterocycles. The lowest BCUT2D eigenvalue weighted by molar-refractivity contribution is 0.0848. The van der Waals surface area contributed by atoms with Crippen LogP contribution < -0.4 is 0 Å². The van der Waals surface area contributed by atoms with Crippen molar-refractivity contribution >= 4 is 0 Å². The lowest BCUT2D eigenvalue weighted by atomic mass is 9.82. The van der Waals surface area contributed by atoms with Crippen LogP contribution in [-0.4, -0.2) is 5.11 Å². The smallest absolute Gasteiger partial charge is 0.0818 e. The highest BCUT2D eigenvalue weighted by atomic mass is 16.3. The molecule has 0 saturated heterocycles. The van der Waals surface area contributed by atoms with E-state index in [0.717, 1.165) is 11.5 Å². The summed E-state index contributed by atoms with van der Waals surface area (Å²) in [5, 5.41) is 10.5. The molecule has 1 heteroatoms. The molecule has 0 bridgehead atoms. The van der Waals surface area contributed by atoms with Crippen LogP contribution in [0.4, 0.5) is 0 Å². The fourth-order valence-corrected chi connectivity index (χ4v) is 3.14. The third-order valence-electron chi connectivity index (χ3n) is 4.40. The molecule has 2 aliphatic rings. The molecular formula is C16H22O. The largest absolute Gasteiger partial charge is 0.388 e. The van der Waals surface area contributed by atoms with Crippen LogP contribution in [0, 0.1) is 5.92 Å². The van der Waals surface area contributed by atoms with Gasteiger partial charge in [-0.3, -0.25) is 0 Å². The molecule has 1 nitrogen and oxygen atoms in total. The van der Waals surface area contributed by atoms with Gasteiger partial charge in [0.15, 0.2) is 0 Å². The first-order valence-corrected chi connectivity index (χ1v) is 7.12. The minimum atomic E-state index is -0.228. The van der Waals surface area contributed by atoms with Gasteiger partial charge < -0.3 is 5.11 Å². The van der Waals surface area contributed by atoms with Gasteiger partial charge in [0.25, 0.3) is 0 Å². The normalized spacial score (nSPS) is 23.6. The van der Waals surface area contributed by atoms with Crippen LogP contribution in [0.25, 0.3) is 0 Å². The van der Waals surface area contributed by atoms with Gasteiger partial charge >= 0.3 is 0 Å². The van der Waals surface area contributed by atoms with Crippen molar-refractivity contribution in [1.82, 2.24) is 0 Å². The number of hydrogen-bond donors (Lipinski definition) is 1. The summed E-state index contributed by atoms with van der Waals surface area (Å²) in [6.45, 7) is 0. The molecular weight excluding hydrogens is 208 g/mol. The number of aliphatic hydroxyl groups excluding tert-OH is 1. The van der Waals surface area contributed by atoms with Gasteiger partial charge in [0.2, 0.25) is 0 Å². The molecule has 1 N–H and O–H groups in total. The van der Waals surface area contributed by atoms with E-state index in [1.807, 2.05) is 0 Å². The Hall–Kier alpha value is -0.820. The molecule has 92 valence electrons. The highest BCUT2D eigenvalue weighted by molar-refractivity contribution is 5.30. The van der Waals surface area contributed by atoms with E-state index in [1.165, 1.54) is 50.5 Å². The van der Waals surface area contributed by atoms with Crippen LogP contribution in [0.1, 0.15) is 68.1 Å². The Morgan fingerprint density at radius 3 is 2.47 bits per heavy atom. The summed E-state index contributed by atoms with van der Waals surface area (Å²) >= 11 is 0. The third kappa shape index (κ3) is 2.55. The summed E-state index contributed by atoms with van der Waals surface area (Å²) in [7, 11) is 0. The second-order valence-corrected chi connectivity index (χ2v) is 5.79. The van der Waals surface area contributed by atoms with Gasteiger partial charge in [0.05, 0.1) is 6.10 Å². The van der Waals surface area contributed by atoms with Gasteiger partial charge in [0, 0.05) is 0 Å². The van der Waals surface area contributed by atoms with E-state index in [9.17, 15) is 5.11 Å². The molecule has 0 aliphatic heterocycles. The number of aliphatic hydroxyl groups is 1. The first kappa shape index (κ1) is 11.3. The monoisotopic (exact) mass is 230 g/mol. The lowest BCUT2D eigenvalue weighted by Crippen LogP contribution is -2.16. The van der Waals surface area contributed by atoms with Gasteiger partial charge in [0.1, 0.15) is 0 Å². The predicted molar refractivity (Wildman–Crippen MR) is 70.0 cm³/mol. The van der Waals surface area contributed by atoms with Gasteiger partial charge in [-0.15, -0.1) is 0 Å².